The van der Waals surface area contributed by atoms with Crippen LogP contribution in [0.15, 0.2) is 18.2 Å². The van der Waals surface area contributed by atoms with Crippen molar-refractivity contribution in [3.8, 4) is 6.07 Å². The van der Waals surface area contributed by atoms with Crippen LogP contribution in [0.5, 0.6) is 0 Å². The van der Waals surface area contributed by atoms with E-state index in [1.807, 2.05) is 6.07 Å². The van der Waals surface area contributed by atoms with E-state index in [1.165, 1.54) is 12.1 Å². The quantitative estimate of drug-likeness (QED) is 0.878. The van der Waals surface area contributed by atoms with Gasteiger partial charge in [0.25, 0.3) is 0 Å². The Morgan fingerprint density at radius 1 is 1.47 bits per heavy atom. The van der Waals surface area contributed by atoms with Crippen LogP contribution in [0, 0.1) is 28.9 Å². The lowest BCUT2D eigenvalue weighted by Crippen LogP contribution is -2.32. The number of hydrogen-bond acceptors (Lipinski definition) is 2. The van der Waals surface area contributed by atoms with Gasteiger partial charge in [-0.1, -0.05) is 0 Å². The molecule has 0 spiro atoms. The van der Waals surface area contributed by atoms with Gasteiger partial charge < -0.3 is 10.4 Å². The molecule has 1 saturated carbocycles. The number of hydrogen-bond donors (Lipinski definition) is 2. The first-order chi connectivity index (χ1) is 8.98. The summed E-state index contributed by atoms with van der Waals surface area (Å²) in [6.07, 6.45) is -0.415. The third kappa shape index (κ3) is 2.65. The van der Waals surface area contributed by atoms with Crippen molar-refractivity contribution >= 4 is 6.09 Å². The highest BCUT2D eigenvalue weighted by atomic mass is 19.1. The van der Waals surface area contributed by atoms with Crippen LogP contribution in [-0.2, 0) is 5.41 Å². The van der Waals surface area contributed by atoms with Gasteiger partial charge in [0.05, 0.1) is 6.07 Å². The van der Waals surface area contributed by atoms with E-state index in [-0.39, 0.29) is 18.9 Å². The van der Waals surface area contributed by atoms with Crippen LogP contribution in [0.25, 0.3) is 0 Å². The lowest BCUT2D eigenvalue weighted by Gasteiger charge is -2.17. The molecule has 4 nitrogen and oxygen atoms in total. The average molecular weight is 266 g/mol. The summed E-state index contributed by atoms with van der Waals surface area (Å²) in [7, 11) is 0. The maximum Gasteiger partial charge on any atom is 0.404 e. The first-order valence-corrected chi connectivity index (χ1v) is 5.78. The molecule has 0 unspecified atom stereocenters. The molecular formula is C13H12F2N2O2. The minimum absolute atomic E-state index is 0.0531. The molecule has 19 heavy (non-hydrogen) atoms. The zero-order valence-electron chi connectivity index (χ0n) is 9.99. The topological polar surface area (TPSA) is 73.1 Å². The molecule has 0 bridgehead atoms. The minimum atomic E-state index is -1.20. The van der Waals surface area contributed by atoms with Gasteiger partial charge in [-0.05, 0) is 30.0 Å². The monoisotopic (exact) mass is 266 g/mol. The predicted molar refractivity (Wildman–Crippen MR) is 62.4 cm³/mol. The van der Waals surface area contributed by atoms with Crippen molar-refractivity contribution in [1.82, 2.24) is 5.32 Å². The highest BCUT2D eigenvalue weighted by Gasteiger charge is 2.55. The molecule has 1 amide bonds. The molecule has 1 fully saturated rings. The summed E-state index contributed by atoms with van der Waals surface area (Å²) in [5.74, 6) is -1.48. The lowest BCUT2D eigenvalue weighted by molar-refractivity contribution is 0.193. The van der Waals surface area contributed by atoms with E-state index in [2.05, 4.69) is 5.32 Å². The highest BCUT2D eigenvalue weighted by Crippen LogP contribution is 2.55. The Labute approximate surface area is 108 Å². The second-order valence-electron chi connectivity index (χ2n) is 4.74. The Hall–Kier alpha value is -2.16. The number of halogens is 2. The van der Waals surface area contributed by atoms with Gasteiger partial charge >= 0.3 is 6.09 Å². The Morgan fingerprint density at radius 2 is 2.11 bits per heavy atom. The van der Waals surface area contributed by atoms with Crippen LogP contribution >= 0.6 is 0 Å². The summed E-state index contributed by atoms with van der Waals surface area (Å²) in [4.78, 5) is 10.6. The molecule has 0 aliphatic heterocycles. The molecule has 1 aromatic carbocycles. The van der Waals surface area contributed by atoms with Gasteiger partial charge in [-0.2, -0.15) is 5.26 Å². The fourth-order valence-corrected chi connectivity index (χ4v) is 2.51. The summed E-state index contributed by atoms with van der Waals surface area (Å²) < 4.78 is 26.5. The SMILES string of the molecule is N#CC[C@@H]1C[C@@]1(CNC(=O)O)c1cc(F)cc(F)c1. The second kappa shape index (κ2) is 4.84. The Morgan fingerprint density at radius 3 is 2.63 bits per heavy atom. The molecule has 6 heteroatoms. The highest BCUT2D eigenvalue weighted by molar-refractivity contribution is 5.64. The molecule has 2 atom stereocenters. The normalized spacial score (nSPS) is 24.6. The lowest BCUT2D eigenvalue weighted by atomic mass is 9.92. The number of nitrogens with one attached hydrogen (secondary N) is 1. The van der Waals surface area contributed by atoms with Gasteiger partial charge in [-0.3, -0.25) is 0 Å². The third-order valence-electron chi connectivity index (χ3n) is 3.56. The van der Waals surface area contributed by atoms with Gasteiger partial charge in [-0.15, -0.1) is 0 Å². The fourth-order valence-electron chi connectivity index (χ4n) is 2.51. The van der Waals surface area contributed by atoms with Crippen LogP contribution in [0.4, 0.5) is 13.6 Å². The fraction of sp³-hybridized carbons (Fsp3) is 0.385. The second-order valence-corrected chi connectivity index (χ2v) is 4.74. The van der Waals surface area contributed by atoms with E-state index in [4.69, 9.17) is 10.4 Å². The Kier molecular flexibility index (Phi) is 3.38. The Bertz CT molecular complexity index is 536. The average Bonchev–Trinajstić information content (AvgIpc) is 3.01. The van der Waals surface area contributed by atoms with Gasteiger partial charge in [0, 0.05) is 24.4 Å². The van der Waals surface area contributed by atoms with E-state index in [9.17, 15) is 13.6 Å². The summed E-state index contributed by atoms with van der Waals surface area (Å²) in [5.41, 5.74) is -0.268. The first-order valence-electron chi connectivity index (χ1n) is 5.78. The molecule has 1 aliphatic rings. The molecule has 1 aliphatic carbocycles. The first kappa shape index (κ1) is 13.3. The van der Waals surface area contributed by atoms with Crippen LogP contribution in [0.2, 0.25) is 0 Å². The van der Waals surface area contributed by atoms with Gasteiger partial charge in [0.1, 0.15) is 11.6 Å². The summed E-state index contributed by atoms with van der Waals surface area (Å²) in [6.45, 7) is 0.0531. The number of carboxylic acid groups (broad SMARTS) is 1. The van der Waals surface area contributed by atoms with Crippen molar-refractivity contribution in [1.29, 1.82) is 5.26 Å². The summed E-state index contributed by atoms with van der Waals surface area (Å²) in [6, 6.07) is 5.17. The summed E-state index contributed by atoms with van der Waals surface area (Å²) in [5, 5.41) is 19.6. The maximum atomic E-state index is 13.3. The van der Waals surface area contributed by atoms with Gasteiger partial charge in [0.2, 0.25) is 0 Å². The van der Waals surface area contributed by atoms with Crippen molar-refractivity contribution < 1.29 is 18.7 Å². The standard InChI is InChI=1S/C13H12F2N2O2/c14-10-3-9(4-11(15)5-10)13(7-17-12(18)19)6-8(13)1-2-16/h3-5,8,17H,1,6-7H2,(H,18,19)/t8-,13+/m1/s1. The van der Waals surface area contributed by atoms with Crippen molar-refractivity contribution in [3.05, 3.63) is 35.4 Å². The van der Waals surface area contributed by atoms with Crippen LogP contribution in [-0.4, -0.2) is 17.7 Å². The zero-order chi connectivity index (χ0) is 14.0. The Balaban J connectivity index is 2.28. The van der Waals surface area contributed by atoms with Gasteiger partial charge in [-0.25, -0.2) is 13.6 Å². The van der Waals surface area contributed by atoms with E-state index in [0.717, 1.165) is 6.07 Å². The molecule has 0 radical (unpaired) electrons. The molecular weight excluding hydrogens is 254 g/mol. The maximum absolute atomic E-state index is 13.3. The van der Waals surface area contributed by atoms with Gasteiger partial charge in [0.15, 0.2) is 0 Å². The van der Waals surface area contributed by atoms with Crippen LogP contribution < -0.4 is 5.32 Å². The molecule has 0 saturated heterocycles. The van der Waals surface area contributed by atoms with Crippen molar-refractivity contribution in [2.75, 3.05) is 6.54 Å². The smallest absolute Gasteiger partial charge is 0.404 e. The molecule has 100 valence electrons. The van der Waals surface area contributed by atoms with Crippen molar-refractivity contribution in [3.63, 3.8) is 0 Å². The predicted octanol–water partition coefficient (Wildman–Crippen LogP) is 2.40. The van der Waals surface area contributed by atoms with E-state index in [1.54, 1.807) is 0 Å². The van der Waals surface area contributed by atoms with E-state index < -0.39 is 23.1 Å². The number of nitrogens with zero attached hydrogens (tertiary/aromatic N) is 1. The largest absolute Gasteiger partial charge is 0.465 e. The molecule has 2 N–H and O–H groups in total. The minimum Gasteiger partial charge on any atom is -0.465 e. The van der Waals surface area contributed by atoms with E-state index in [0.29, 0.717) is 12.0 Å². The van der Waals surface area contributed by atoms with Crippen LogP contribution in [0.3, 0.4) is 0 Å². The number of amides is 1. The zero-order valence-corrected chi connectivity index (χ0v) is 9.99. The molecule has 2 rings (SSSR count). The van der Waals surface area contributed by atoms with Crippen molar-refractivity contribution in [2.24, 2.45) is 5.92 Å². The molecule has 0 heterocycles. The third-order valence-corrected chi connectivity index (χ3v) is 3.56. The van der Waals surface area contributed by atoms with E-state index >= 15 is 0 Å². The number of nitriles is 1. The van der Waals surface area contributed by atoms with Crippen LogP contribution in [0.1, 0.15) is 18.4 Å². The van der Waals surface area contributed by atoms with Crippen molar-refractivity contribution in [2.45, 2.75) is 18.3 Å². The molecule has 1 aromatic rings. The number of carbonyl (C=O) groups is 1. The summed E-state index contributed by atoms with van der Waals surface area (Å²) >= 11 is 0. The number of benzene rings is 1. The molecule has 0 aromatic heterocycles. The number of rotatable bonds is 4.